The number of hydrogen-bond acceptors (Lipinski definition) is 4. The Labute approximate surface area is 133 Å². The van der Waals surface area contributed by atoms with Gasteiger partial charge in [-0.2, -0.15) is 0 Å². The van der Waals surface area contributed by atoms with E-state index in [1.54, 1.807) is 6.08 Å². The van der Waals surface area contributed by atoms with E-state index in [-0.39, 0.29) is 5.78 Å². The van der Waals surface area contributed by atoms with E-state index in [9.17, 15) is 4.79 Å². The largest absolute Gasteiger partial charge is 0.378 e. The Morgan fingerprint density at radius 3 is 2.41 bits per heavy atom. The number of morpholine rings is 1. The molecular weight excluding hydrogens is 276 g/mol. The lowest BCUT2D eigenvalue weighted by molar-refractivity contribution is 0.0725. The van der Waals surface area contributed by atoms with Gasteiger partial charge in [0.2, 0.25) is 0 Å². The van der Waals surface area contributed by atoms with Crippen molar-refractivity contribution in [1.82, 2.24) is 4.90 Å². The van der Waals surface area contributed by atoms with Crippen molar-refractivity contribution < 1.29 is 9.53 Å². The third kappa shape index (κ3) is 3.39. The van der Waals surface area contributed by atoms with Crippen LogP contribution in [0.2, 0.25) is 0 Å². The number of Topliss-reactive ketones (excluding diaryl/α,β-unsaturated/α-hetero) is 1. The summed E-state index contributed by atoms with van der Waals surface area (Å²) in [6.07, 6.45) is 2.43. The van der Waals surface area contributed by atoms with Gasteiger partial charge in [0.15, 0.2) is 5.78 Å². The van der Waals surface area contributed by atoms with Crippen molar-refractivity contribution >= 4 is 11.5 Å². The highest BCUT2D eigenvalue weighted by Gasteiger charge is 2.34. The summed E-state index contributed by atoms with van der Waals surface area (Å²) in [5, 5.41) is 0. The minimum atomic E-state index is -0.553. The quantitative estimate of drug-likeness (QED) is 0.597. The number of rotatable bonds is 6. The molecule has 1 atom stereocenters. The Hall–Kier alpha value is -1.65. The summed E-state index contributed by atoms with van der Waals surface area (Å²) in [6.45, 7) is 9.08. The molecule has 0 amide bonds. The number of carbonyl (C=O) groups is 1. The van der Waals surface area contributed by atoms with Gasteiger partial charge in [-0.25, -0.2) is 0 Å². The van der Waals surface area contributed by atoms with Crippen LogP contribution in [-0.4, -0.2) is 56.6 Å². The maximum absolute atomic E-state index is 12.9. The highest BCUT2D eigenvalue weighted by atomic mass is 16.5. The zero-order valence-electron chi connectivity index (χ0n) is 13.8. The van der Waals surface area contributed by atoms with Gasteiger partial charge in [0.1, 0.15) is 0 Å². The number of benzene rings is 1. The van der Waals surface area contributed by atoms with Crippen LogP contribution in [0.4, 0.5) is 5.69 Å². The number of hydrogen-bond donors (Lipinski definition) is 0. The number of likely N-dealkylation sites (N-methyl/N-ethyl adjacent to an activating group) is 1. The lowest BCUT2D eigenvalue weighted by Crippen LogP contribution is -2.48. The molecule has 0 bridgehead atoms. The van der Waals surface area contributed by atoms with Crippen LogP contribution >= 0.6 is 0 Å². The van der Waals surface area contributed by atoms with E-state index in [0.29, 0.717) is 6.42 Å². The molecule has 2 rings (SSSR count). The fraction of sp³-hybridized carbons (Fsp3) is 0.500. The first-order valence-electron chi connectivity index (χ1n) is 7.75. The molecule has 120 valence electrons. The molecule has 1 fully saturated rings. The van der Waals surface area contributed by atoms with Gasteiger partial charge in [0.05, 0.1) is 18.8 Å². The van der Waals surface area contributed by atoms with Crippen molar-refractivity contribution in [1.29, 1.82) is 0 Å². The van der Waals surface area contributed by atoms with Crippen LogP contribution in [0.15, 0.2) is 36.9 Å². The van der Waals surface area contributed by atoms with Crippen molar-refractivity contribution in [2.75, 3.05) is 45.3 Å². The minimum Gasteiger partial charge on any atom is -0.378 e. The van der Waals surface area contributed by atoms with Gasteiger partial charge in [-0.05, 0) is 51.7 Å². The Bertz CT molecular complexity index is 518. The average molecular weight is 302 g/mol. The molecule has 0 aliphatic carbocycles. The van der Waals surface area contributed by atoms with Gasteiger partial charge in [-0.3, -0.25) is 9.69 Å². The number of nitrogens with zero attached hydrogens (tertiary/aromatic N) is 2. The molecule has 1 heterocycles. The van der Waals surface area contributed by atoms with Crippen LogP contribution in [0.3, 0.4) is 0 Å². The third-order valence-electron chi connectivity index (χ3n) is 4.52. The van der Waals surface area contributed by atoms with E-state index >= 15 is 0 Å². The molecule has 1 aromatic rings. The first kappa shape index (κ1) is 16.7. The molecule has 0 spiro atoms. The van der Waals surface area contributed by atoms with Crippen molar-refractivity contribution in [2.45, 2.75) is 18.9 Å². The smallest absolute Gasteiger partial charge is 0.183 e. The first-order chi connectivity index (χ1) is 10.5. The van der Waals surface area contributed by atoms with E-state index in [0.717, 1.165) is 37.6 Å². The van der Waals surface area contributed by atoms with Crippen LogP contribution < -0.4 is 4.90 Å². The summed E-state index contributed by atoms with van der Waals surface area (Å²) in [4.78, 5) is 17.1. The monoisotopic (exact) mass is 302 g/mol. The maximum Gasteiger partial charge on any atom is 0.183 e. The molecule has 4 nitrogen and oxygen atoms in total. The molecule has 1 aliphatic rings. The normalized spacial score (nSPS) is 18.1. The zero-order chi connectivity index (χ0) is 16.2. The highest BCUT2D eigenvalue weighted by molar-refractivity contribution is 6.03. The van der Waals surface area contributed by atoms with Gasteiger partial charge in [0, 0.05) is 24.3 Å². The second-order valence-electron chi connectivity index (χ2n) is 6.14. The predicted molar refractivity (Wildman–Crippen MR) is 90.7 cm³/mol. The minimum absolute atomic E-state index is 0.130. The van der Waals surface area contributed by atoms with E-state index in [1.165, 1.54) is 0 Å². The predicted octanol–water partition coefficient (Wildman–Crippen LogP) is 2.60. The Morgan fingerprint density at radius 1 is 1.32 bits per heavy atom. The molecule has 4 heteroatoms. The van der Waals surface area contributed by atoms with Crippen molar-refractivity contribution in [3.63, 3.8) is 0 Å². The van der Waals surface area contributed by atoms with Crippen molar-refractivity contribution in [2.24, 2.45) is 0 Å². The fourth-order valence-corrected chi connectivity index (χ4v) is 2.72. The SMILES string of the molecule is C=CCC(C)(C(=O)c1ccc(N2CCOCC2)cc1)N(C)C. The van der Waals surface area contributed by atoms with Gasteiger partial charge in [-0.1, -0.05) is 6.08 Å². The van der Waals surface area contributed by atoms with Crippen molar-refractivity contribution in [3.05, 3.63) is 42.5 Å². The molecule has 1 aromatic carbocycles. The number of carbonyl (C=O) groups excluding carboxylic acids is 1. The van der Waals surface area contributed by atoms with E-state index in [1.807, 2.05) is 50.2 Å². The number of ether oxygens (including phenoxy) is 1. The Morgan fingerprint density at radius 2 is 1.91 bits per heavy atom. The first-order valence-corrected chi connectivity index (χ1v) is 7.75. The lowest BCUT2D eigenvalue weighted by atomic mass is 9.87. The van der Waals surface area contributed by atoms with E-state index < -0.39 is 5.54 Å². The van der Waals surface area contributed by atoms with Crippen molar-refractivity contribution in [3.8, 4) is 0 Å². The van der Waals surface area contributed by atoms with Crippen LogP contribution in [0, 0.1) is 0 Å². The topological polar surface area (TPSA) is 32.8 Å². The summed E-state index contributed by atoms with van der Waals surface area (Å²) in [7, 11) is 3.87. The molecular formula is C18H26N2O2. The number of ketones is 1. The average Bonchev–Trinajstić information content (AvgIpc) is 2.55. The molecule has 1 unspecified atom stereocenters. The maximum atomic E-state index is 12.9. The molecule has 1 saturated heterocycles. The summed E-state index contributed by atoms with van der Waals surface area (Å²) in [5.74, 6) is 0.130. The molecule has 22 heavy (non-hydrogen) atoms. The molecule has 0 aromatic heterocycles. The van der Waals surface area contributed by atoms with Gasteiger partial charge in [-0.15, -0.1) is 6.58 Å². The summed E-state index contributed by atoms with van der Waals surface area (Å²) in [5.41, 5.74) is 1.34. The van der Waals surface area contributed by atoms with Crippen LogP contribution in [0.5, 0.6) is 0 Å². The molecule has 1 aliphatic heterocycles. The van der Waals surface area contributed by atoms with E-state index in [2.05, 4.69) is 11.5 Å². The fourth-order valence-electron chi connectivity index (χ4n) is 2.72. The summed E-state index contributed by atoms with van der Waals surface area (Å²) in [6, 6.07) is 7.92. The second kappa shape index (κ2) is 7.07. The van der Waals surface area contributed by atoms with Crippen LogP contribution in [0.1, 0.15) is 23.7 Å². The highest BCUT2D eigenvalue weighted by Crippen LogP contribution is 2.25. The summed E-state index contributed by atoms with van der Waals surface area (Å²) < 4.78 is 5.37. The molecule has 0 N–H and O–H groups in total. The van der Waals surface area contributed by atoms with Crippen LogP contribution in [0.25, 0.3) is 0 Å². The molecule has 0 radical (unpaired) electrons. The van der Waals surface area contributed by atoms with Gasteiger partial charge < -0.3 is 9.64 Å². The van der Waals surface area contributed by atoms with Gasteiger partial charge in [0.25, 0.3) is 0 Å². The van der Waals surface area contributed by atoms with Crippen LogP contribution in [-0.2, 0) is 4.74 Å². The number of anilines is 1. The zero-order valence-corrected chi connectivity index (χ0v) is 13.8. The van der Waals surface area contributed by atoms with Gasteiger partial charge >= 0.3 is 0 Å². The Balaban J connectivity index is 2.18. The summed E-state index contributed by atoms with van der Waals surface area (Å²) >= 11 is 0. The third-order valence-corrected chi connectivity index (χ3v) is 4.52. The standard InChI is InChI=1S/C18H26N2O2/c1-5-10-18(2,19(3)4)17(21)15-6-8-16(9-7-15)20-11-13-22-14-12-20/h5-9H,1,10-14H2,2-4H3. The molecule has 0 saturated carbocycles. The second-order valence-corrected chi connectivity index (χ2v) is 6.14. The Kier molecular flexibility index (Phi) is 5.37. The lowest BCUT2D eigenvalue weighted by Gasteiger charge is -2.34. The van der Waals surface area contributed by atoms with E-state index in [4.69, 9.17) is 4.74 Å².